The predicted molar refractivity (Wildman–Crippen MR) is 125 cm³/mol. The third kappa shape index (κ3) is 6.40. The number of hydrogen-bond acceptors (Lipinski definition) is 4. The minimum Gasteiger partial charge on any atom is -0.326 e. The van der Waals surface area contributed by atoms with Gasteiger partial charge in [0.1, 0.15) is 0 Å². The molecule has 9 heteroatoms. The topological polar surface area (TPSA) is 95.6 Å². The van der Waals surface area contributed by atoms with Gasteiger partial charge in [-0.1, -0.05) is 41.9 Å². The summed E-state index contributed by atoms with van der Waals surface area (Å²) in [7, 11) is -3.96. The number of nitrogens with one attached hydrogen (secondary N) is 2. The Morgan fingerprint density at radius 1 is 0.844 bits per heavy atom. The minimum absolute atomic E-state index is 0.0285. The highest BCUT2D eigenvalue weighted by atomic mass is 35.5. The second-order valence-electron chi connectivity index (χ2n) is 7.02. The molecule has 0 aromatic heterocycles. The van der Waals surface area contributed by atoms with E-state index >= 15 is 0 Å². The molecule has 2 N–H and O–H groups in total. The molecule has 0 saturated carbocycles. The van der Waals surface area contributed by atoms with Crippen LogP contribution in [0.2, 0.25) is 5.02 Å². The van der Waals surface area contributed by atoms with Gasteiger partial charge < -0.3 is 10.6 Å². The lowest BCUT2D eigenvalue weighted by Gasteiger charge is -2.22. The van der Waals surface area contributed by atoms with Crippen molar-refractivity contribution < 1.29 is 18.0 Å². The average molecular weight is 472 g/mol. The Hall–Kier alpha value is -3.20. The number of rotatable bonds is 8. The molecule has 0 saturated heterocycles. The van der Waals surface area contributed by atoms with E-state index in [0.717, 1.165) is 9.87 Å². The molecule has 0 unspecified atom stereocenters. The molecule has 2 amide bonds. The van der Waals surface area contributed by atoms with Gasteiger partial charge in [0.2, 0.25) is 21.8 Å². The highest BCUT2D eigenvalue weighted by molar-refractivity contribution is 7.89. The van der Waals surface area contributed by atoms with Crippen LogP contribution in [0.15, 0.2) is 83.8 Å². The standard InChI is InChI=1S/C23H22ClN3O4S/c1-17(28)25-20-9-11-21(12-10-20)26-23(29)16-27(15-18-5-3-2-4-6-18)32(30,31)22-13-7-19(24)8-14-22/h2-14H,15-16H2,1H3,(H,25,28)(H,26,29). The van der Waals surface area contributed by atoms with Gasteiger partial charge in [0.25, 0.3) is 0 Å². The summed E-state index contributed by atoms with van der Waals surface area (Å²) in [6.45, 7) is 1.05. The fraction of sp³-hybridized carbons (Fsp3) is 0.130. The van der Waals surface area contributed by atoms with Gasteiger partial charge in [0.05, 0.1) is 11.4 Å². The zero-order valence-electron chi connectivity index (χ0n) is 17.3. The Bertz CT molecular complexity index is 1180. The van der Waals surface area contributed by atoms with E-state index in [1.54, 1.807) is 48.5 Å². The fourth-order valence-electron chi connectivity index (χ4n) is 2.97. The molecule has 0 aliphatic heterocycles. The number of amides is 2. The number of carbonyl (C=O) groups is 2. The third-order valence-corrected chi connectivity index (χ3v) is 6.52. The van der Waals surface area contributed by atoms with Crippen molar-refractivity contribution >= 4 is 44.8 Å². The molecule has 3 aromatic rings. The van der Waals surface area contributed by atoms with Crippen LogP contribution < -0.4 is 10.6 Å². The van der Waals surface area contributed by atoms with E-state index < -0.39 is 15.9 Å². The number of sulfonamides is 1. The number of carbonyl (C=O) groups excluding carboxylic acids is 2. The summed E-state index contributed by atoms with van der Waals surface area (Å²) in [6.07, 6.45) is 0. The molecule has 0 spiro atoms. The van der Waals surface area contributed by atoms with Crippen LogP contribution in [0.5, 0.6) is 0 Å². The SMILES string of the molecule is CC(=O)Nc1ccc(NC(=O)CN(Cc2ccccc2)S(=O)(=O)c2ccc(Cl)cc2)cc1. The number of halogens is 1. The van der Waals surface area contributed by atoms with Gasteiger partial charge in [0.15, 0.2) is 0 Å². The first-order valence-electron chi connectivity index (χ1n) is 9.71. The van der Waals surface area contributed by atoms with Gasteiger partial charge >= 0.3 is 0 Å². The lowest BCUT2D eigenvalue weighted by atomic mass is 10.2. The summed E-state index contributed by atoms with van der Waals surface area (Å²) in [5.41, 5.74) is 1.82. The normalized spacial score (nSPS) is 11.2. The summed E-state index contributed by atoms with van der Waals surface area (Å²) >= 11 is 5.89. The summed E-state index contributed by atoms with van der Waals surface area (Å²) < 4.78 is 27.6. The van der Waals surface area contributed by atoms with Gasteiger partial charge in [-0.3, -0.25) is 9.59 Å². The second-order valence-corrected chi connectivity index (χ2v) is 9.39. The van der Waals surface area contributed by atoms with Crippen LogP contribution in [0, 0.1) is 0 Å². The zero-order chi connectivity index (χ0) is 23.1. The van der Waals surface area contributed by atoms with Crippen LogP contribution in [-0.4, -0.2) is 31.1 Å². The second kappa shape index (κ2) is 10.4. The van der Waals surface area contributed by atoms with E-state index in [4.69, 9.17) is 11.6 Å². The predicted octanol–water partition coefficient (Wildman–Crippen LogP) is 4.13. The van der Waals surface area contributed by atoms with E-state index in [1.807, 2.05) is 6.07 Å². The van der Waals surface area contributed by atoms with Gasteiger partial charge in [-0.25, -0.2) is 8.42 Å². The first-order valence-corrected chi connectivity index (χ1v) is 11.5. The highest BCUT2D eigenvalue weighted by Gasteiger charge is 2.27. The first kappa shape index (κ1) is 23.5. The van der Waals surface area contributed by atoms with Crippen molar-refractivity contribution in [3.63, 3.8) is 0 Å². The van der Waals surface area contributed by atoms with Gasteiger partial charge in [-0.2, -0.15) is 4.31 Å². The maximum atomic E-state index is 13.2. The third-order valence-electron chi connectivity index (χ3n) is 4.46. The fourth-order valence-corrected chi connectivity index (χ4v) is 4.48. The van der Waals surface area contributed by atoms with Crippen molar-refractivity contribution in [2.24, 2.45) is 0 Å². The minimum atomic E-state index is -3.96. The van der Waals surface area contributed by atoms with Crippen LogP contribution in [0.3, 0.4) is 0 Å². The zero-order valence-corrected chi connectivity index (χ0v) is 18.9. The van der Waals surface area contributed by atoms with E-state index in [0.29, 0.717) is 16.4 Å². The number of anilines is 2. The summed E-state index contributed by atoms with van der Waals surface area (Å²) in [6, 6.07) is 21.4. The maximum absolute atomic E-state index is 13.2. The van der Waals surface area contributed by atoms with Crippen LogP contribution in [-0.2, 0) is 26.2 Å². The summed E-state index contributed by atoms with van der Waals surface area (Å²) in [4.78, 5) is 23.9. The molecule has 0 atom stereocenters. The molecule has 166 valence electrons. The first-order chi connectivity index (χ1) is 15.2. The van der Waals surface area contributed by atoms with Crippen molar-refractivity contribution in [1.82, 2.24) is 4.31 Å². The van der Waals surface area contributed by atoms with Crippen LogP contribution >= 0.6 is 11.6 Å². The smallest absolute Gasteiger partial charge is 0.243 e. The van der Waals surface area contributed by atoms with Crippen LogP contribution in [0.4, 0.5) is 11.4 Å². The van der Waals surface area contributed by atoms with Gasteiger partial charge in [0, 0.05) is 29.9 Å². The molecule has 0 aliphatic rings. The van der Waals surface area contributed by atoms with Gasteiger partial charge in [-0.15, -0.1) is 0 Å². The molecule has 0 bridgehead atoms. The average Bonchev–Trinajstić information content (AvgIpc) is 2.75. The molecule has 32 heavy (non-hydrogen) atoms. The Morgan fingerprint density at radius 3 is 1.97 bits per heavy atom. The lowest BCUT2D eigenvalue weighted by Crippen LogP contribution is -2.37. The number of nitrogens with zero attached hydrogens (tertiary/aromatic N) is 1. The lowest BCUT2D eigenvalue weighted by molar-refractivity contribution is -0.116. The van der Waals surface area contributed by atoms with Crippen molar-refractivity contribution in [2.45, 2.75) is 18.4 Å². The van der Waals surface area contributed by atoms with E-state index in [9.17, 15) is 18.0 Å². The quantitative estimate of drug-likeness (QED) is 0.516. The van der Waals surface area contributed by atoms with Crippen molar-refractivity contribution in [2.75, 3.05) is 17.2 Å². The Kier molecular flexibility index (Phi) is 7.63. The number of hydrogen-bond donors (Lipinski definition) is 2. The molecule has 0 radical (unpaired) electrons. The van der Waals surface area contributed by atoms with Crippen molar-refractivity contribution in [3.8, 4) is 0 Å². The monoisotopic (exact) mass is 471 g/mol. The Labute approximate surface area is 192 Å². The maximum Gasteiger partial charge on any atom is 0.243 e. The summed E-state index contributed by atoms with van der Waals surface area (Å²) in [5.74, 6) is -0.698. The number of benzene rings is 3. The van der Waals surface area contributed by atoms with E-state index in [1.165, 1.54) is 31.2 Å². The molecule has 7 nitrogen and oxygen atoms in total. The molecular weight excluding hydrogens is 450 g/mol. The molecule has 0 fully saturated rings. The van der Waals surface area contributed by atoms with Crippen molar-refractivity contribution in [1.29, 1.82) is 0 Å². The molecular formula is C23H22ClN3O4S. The van der Waals surface area contributed by atoms with E-state index in [2.05, 4.69) is 10.6 Å². The summed E-state index contributed by atoms with van der Waals surface area (Å²) in [5, 5.41) is 5.75. The molecule has 3 rings (SSSR count). The molecule has 0 heterocycles. The van der Waals surface area contributed by atoms with E-state index in [-0.39, 0.29) is 23.9 Å². The Balaban J connectivity index is 1.79. The largest absolute Gasteiger partial charge is 0.326 e. The Morgan fingerprint density at radius 2 is 1.41 bits per heavy atom. The van der Waals surface area contributed by atoms with Crippen molar-refractivity contribution in [3.05, 3.63) is 89.4 Å². The van der Waals surface area contributed by atoms with Crippen LogP contribution in [0.1, 0.15) is 12.5 Å². The van der Waals surface area contributed by atoms with Crippen LogP contribution in [0.25, 0.3) is 0 Å². The van der Waals surface area contributed by atoms with Gasteiger partial charge in [-0.05, 0) is 54.1 Å². The highest BCUT2D eigenvalue weighted by Crippen LogP contribution is 2.21. The molecule has 0 aliphatic carbocycles. The molecule has 3 aromatic carbocycles.